The van der Waals surface area contributed by atoms with Gasteiger partial charge in [0.05, 0.1) is 15.7 Å². The lowest BCUT2D eigenvalue weighted by Crippen LogP contribution is -2.20. The van der Waals surface area contributed by atoms with Gasteiger partial charge in [-0.3, -0.25) is 4.99 Å². The number of phenolic OH excluding ortho intramolecular Hbond substituents is 1. The number of hydrogen-bond donors (Lipinski definition) is 2. The molecule has 1 aliphatic rings. The van der Waals surface area contributed by atoms with Crippen LogP contribution in [-0.4, -0.2) is 29.5 Å². The average Bonchev–Trinajstić information content (AvgIpc) is 2.75. The normalized spacial score (nSPS) is 14.1. The van der Waals surface area contributed by atoms with E-state index in [9.17, 15) is 5.11 Å². The molecule has 1 aromatic carbocycles. The van der Waals surface area contributed by atoms with E-state index in [0.29, 0.717) is 11.7 Å². The SMILES string of the molecule is CC(C)Cc1cc(I)c(O)c(C2=NCCN2)c1.O. The zero-order chi connectivity index (χ0) is 12.4. The Hall–Kier alpha value is -0.820. The highest BCUT2D eigenvalue weighted by molar-refractivity contribution is 14.1. The number of hydrogen-bond acceptors (Lipinski definition) is 3. The van der Waals surface area contributed by atoms with Crippen LogP contribution in [0.2, 0.25) is 0 Å². The molecule has 0 unspecified atom stereocenters. The van der Waals surface area contributed by atoms with E-state index >= 15 is 0 Å². The minimum absolute atomic E-state index is 0. The number of aliphatic imine (C=N–C) groups is 1. The standard InChI is InChI=1S/C13H17IN2O.H2O/c1-8(2)5-9-6-10(12(17)11(14)7-9)13-15-3-4-16-13;/h6-8,17H,3-5H2,1-2H3,(H,15,16);1H2. The van der Waals surface area contributed by atoms with Crippen molar-refractivity contribution < 1.29 is 10.6 Å². The first-order valence-corrected chi connectivity index (χ1v) is 6.96. The van der Waals surface area contributed by atoms with Crippen molar-refractivity contribution in [2.45, 2.75) is 20.3 Å². The molecule has 1 aliphatic heterocycles. The van der Waals surface area contributed by atoms with E-state index in [-0.39, 0.29) is 5.48 Å². The maximum Gasteiger partial charge on any atom is 0.139 e. The summed E-state index contributed by atoms with van der Waals surface area (Å²) in [5.74, 6) is 1.78. The fourth-order valence-corrected chi connectivity index (χ4v) is 2.69. The molecule has 0 amide bonds. The zero-order valence-electron chi connectivity index (χ0n) is 10.6. The van der Waals surface area contributed by atoms with Crippen LogP contribution in [0.4, 0.5) is 0 Å². The third-order valence-corrected chi connectivity index (χ3v) is 3.52. The summed E-state index contributed by atoms with van der Waals surface area (Å²) in [6, 6.07) is 4.10. The van der Waals surface area contributed by atoms with E-state index in [1.807, 2.05) is 0 Å². The van der Waals surface area contributed by atoms with Crippen LogP contribution < -0.4 is 5.32 Å². The Morgan fingerprint density at radius 3 is 2.72 bits per heavy atom. The Bertz CT molecular complexity index is 459. The number of rotatable bonds is 3. The summed E-state index contributed by atoms with van der Waals surface area (Å²) in [5.41, 5.74) is 2.10. The lowest BCUT2D eigenvalue weighted by Gasteiger charge is -2.12. The molecule has 0 saturated heterocycles. The lowest BCUT2D eigenvalue weighted by molar-refractivity contribution is 0.469. The summed E-state index contributed by atoms with van der Waals surface area (Å²) in [4.78, 5) is 4.37. The van der Waals surface area contributed by atoms with Gasteiger partial charge in [-0.15, -0.1) is 0 Å². The summed E-state index contributed by atoms with van der Waals surface area (Å²) in [7, 11) is 0. The Balaban J connectivity index is 0.00000162. The Morgan fingerprint density at radius 1 is 1.44 bits per heavy atom. The van der Waals surface area contributed by atoms with Gasteiger partial charge in [0.2, 0.25) is 0 Å². The van der Waals surface area contributed by atoms with Crippen molar-refractivity contribution in [3.8, 4) is 5.75 Å². The molecule has 4 N–H and O–H groups in total. The molecule has 5 heteroatoms. The Kier molecular flexibility index (Phi) is 5.40. The van der Waals surface area contributed by atoms with Crippen LogP contribution in [-0.2, 0) is 6.42 Å². The van der Waals surface area contributed by atoms with Crippen LogP contribution in [0.3, 0.4) is 0 Å². The number of nitrogens with zero attached hydrogens (tertiary/aromatic N) is 1. The molecule has 0 aliphatic carbocycles. The average molecular weight is 362 g/mol. The molecular formula is C13H19IN2O2. The van der Waals surface area contributed by atoms with Crippen molar-refractivity contribution >= 4 is 28.4 Å². The third kappa shape index (κ3) is 3.35. The first-order valence-electron chi connectivity index (χ1n) is 5.88. The zero-order valence-corrected chi connectivity index (χ0v) is 12.8. The Morgan fingerprint density at radius 2 is 2.17 bits per heavy atom. The molecule has 0 aromatic heterocycles. The number of benzene rings is 1. The predicted octanol–water partition coefficient (Wildman–Crippen LogP) is 1.72. The van der Waals surface area contributed by atoms with Gasteiger partial charge in [0.1, 0.15) is 11.6 Å². The van der Waals surface area contributed by atoms with Crippen LogP contribution in [0.15, 0.2) is 17.1 Å². The maximum atomic E-state index is 10.1. The van der Waals surface area contributed by atoms with Gasteiger partial charge >= 0.3 is 0 Å². The van der Waals surface area contributed by atoms with Gasteiger partial charge in [-0.05, 0) is 52.6 Å². The van der Waals surface area contributed by atoms with Crippen LogP contribution in [0.1, 0.15) is 25.0 Å². The van der Waals surface area contributed by atoms with E-state index < -0.39 is 0 Å². The van der Waals surface area contributed by atoms with Crippen molar-refractivity contribution in [3.05, 3.63) is 26.8 Å². The fourth-order valence-electron chi connectivity index (χ4n) is 2.00. The van der Waals surface area contributed by atoms with Crippen molar-refractivity contribution in [1.29, 1.82) is 0 Å². The Labute approximate surface area is 121 Å². The third-order valence-electron chi connectivity index (χ3n) is 2.70. The summed E-state index contributed by atoms with van der Waals surface area (Å²) >= 11 is 2.18. The van der Waals surface area contributed by atoms with Crippen molar-refractivity contribution in [2.24, 2.45) is 10.9 Å². The second-order valence-electron chi connectivity index (χ2n) is 4.73. The molecule has 0 spiro atoms. The monoisotopic (exact) mass is 362 g/mol. The van der Waals surface area contributed by atoms with Crippen LogP contribution in [0.5, 0.6) is 5.75 Å². The first kappa shape index (κ1) is 15.2. The number of aromatic hydroxyl groups is 1. The molecule has 0 saturated carbocycles. The molecule has 0 radical (unpaired) electrons. The molecule has 0 fully saturated rings. The summed E-state index contributed by atoms with van der Waals surface area (Å²) < 4.78 is 0.896. The minimum Gasteiger partial charge on any atom is -0.506 e. The highest BCUT2D eigenvalue weighted by atomic mass is 127. The lowest BCUT2D eigenvalue weighted by atomic mass is 10.00. The molecule has 100 valence electrons. The van der Waals surface area contributed by atoms with E-state index in [4.69, 9.17) is 0 Å². The van der Waals surface area contributed by atoms with Gasteiger partial charge in [-0.2, -0.15) is 0 Å². The van der Waals surface area contributed by atoms with Gasteiger partial charge in [0.15, 0.2) is 0 Å². The molecule has 0 bridgehead atoms. The summed E-state index contributed by atoms with van der Waals surface area (Å²) in [5, 5.41) is 13.3. The molecule has 18 heavy (non-hydrogen) atoms. The van der Waals surface area contributed by atoms with Gasteiger partial charge in [0.25, 0.3) is 0 Å². The second kappa shape index (κ2) is 6.38. The predicted molar refractivity (Wildman–Crippen MR) is 82.4 cm³/mol. The summed E-state index contributed by atoms with van der Waals surface area (Å²) in [6.45, 7) is 6.05. The van der Waals surface area contributed by atoms with Gasteiger partial charge in [-0.1, -0.05) is 13.8 Å². The molecule has 0 atom stereocenters. The van der Waals surface area contributed by atoms with Crippen molar-refractivity contribution in [3.63, 3.8) is 0 Å². The molecule has 1 aromatic rings. The van der Waals surface area contributed by atoms with E-state index in [1.165, 1.54) is 5.56 Å². The van der Waals surface area contributed by atoms with E-state index in [0.717, 1.165) is 34.5 Å². The highest BCUT2D eigenvalue weighted by Crippen LogP contribution is 2.28. The van der Waals surface area contributed by atoms with E-state index in [1.54, 1.807) is 0 Å². The topological polar surface area (TPSA) is 76.1 Å². The fraction of sp³-hybridized carbons (Fsp3) is 0.462. The van der Waals surface area contributed by atoms with Crippen LogP contribution in [0, 0.1) is 9.49 Å². The number of halogens is 1. The largest absolute Gasteiger partial charge is 0.506 e. The molecular weight excluding hydrogens is 343 g/mol. The summed E-state index contributed by atoms with van der Waals surface area (Å²) in [6.07, 6.45) is 1.02. The first-order chi connectivity index (χ1) is 8.08. The van der Waals surface area contributed by atoms with Crippen molar-refractivity contribution in [2.75, 3.05) is 13.1 Å². The minimum atomic E-state index is 0. The smallest absolute Gasteiger partial charge is 0.139 e. The second-order valence-corrected chi connectivity index (χ2v) is 5.89. The number of nitrogens with one attached hydrogen (secondary N) is 1. The number of phenols is 1. The highest BCUT2D eigenvalue weighted by Gasteiger charge is 2.16. The van der Waals surface area contributed by atoms with Crippen LogP contribution in [0.25, 0.3) is 0 Å². The molecule has 4 nitrogen and oxygen atoms in total. The molecule has 1 heterocycles. The van der Waals surface area contributed by atoms with Gasteiger partial charge < -0.3 is 15.9 Å². The quantitative estimate of drug-likeness (QED) is 0.804. The van der Waals surface area contributed by atoms with E-state index in [2.05, 4.69) is 58.9 Å². The van der Waals surface area contributed by atoms with Gasteiger partial charge in [-0.25, -0.2) is 0 Å². The van der Waals surface area contributed by atoms with Crippen LogP contribution >= 0.6 is 22.6 Å². The number of amidine groups is 1. The maximum absolute atomic E-state index is 10.1. The van der Waals surface area contributed by atoms with Crippen molar-refractivity contribution in [1.82, 2.24) is 5.32 Å². The van der Waals surface area contributed by atoms with Gasteiger partial charge in [0, 0.05) is 6.54 Å². The molecule has 2 rings (SSSR count).